The first kappa shape index (κ1) is 16.4. The number of rotatable bonds is 6. The third-order valence-corrected chi connectivity index (χ3v) is 3.45. The number of aromatic nitrogens is 3. The molecule has 0 radical (unpaired) electrons. The summed E-state index contributed by atoms with van der Waals surface area (Å²) in [4.78, 5) is 16.2. The van der Waals surface area contributed by atoms with E-state index in [1.54, 1.807) is 30.5 Å². The predicted molar refractivity (Wildman–Crippen MR) is 94.7 cm³/mol. The molecular formula is C18H17N5O2. The molecule has 0 saturated carbocycles. The number of hydrogen-bond acceptors (Lipinski definition) is 7. The lowest BCUT2D eigenvalue weighted by molar-refractivity contribution is 0.0602. The molecule has 0 fully saturated rings. The van der Waals surface area contributed by atoms with Gasteiger partial charge in [0.2, 0.25) is 5.95 Å². The minimum absolute atomic E-state index is 0.286. The molecular weight excluding hydrogens is 318 g/mol. The van der Waals surface area contributed by atoms with Gasteiger partial charge >= 0.3 is 5.97 Å². The van der Waals surface area contributed by atoms with Crippen LogP contribution < -0.4 is 10.6 Å². The second-order valence-corrected chi connectivity index (χ2v) is 5.17. The van der Waals surface area contributed by atoms with Gasteiger partial charge in [0.1, 0.15) is 0 Å². The topological polar surface area (TPSA) is 89.0 Å². The van der Waals surface area contributed by atoms with E-state index in [-0.39, 0.29) is 5.95 Å². The van der Waals surface area contributed by atoms with Crippen molar-refractivity contribution in [3.63, 3.8) is 0 Å². The fraction of sp³-hybridized carbons (Fsp3) is 0.111. The summed E-state index contributed by atoms with van der Waals surface area (Å²) in [5, 5.41) is 14.1. The van der Waals surface area contributed by atoms with Crippen molar-refractivity contribution in [3.8, 4) is 0 Å². The summed E-state index contributed by atoms with van der Waals surface area (Å²) in [6.07, 6.45) is 1.54. The Hall–Kier alpha value is -3.48. The van der Waals surface area contributed by atoms with E-state index in [4.69, 9.17) is 4.74 Å². The summed E-state index contributed by atoms with van der Waals surface area (Å²) >= 11 is 0. The molecule has 0 unspecified atom stereocenters. The number of ether oxygens (including phenoxy) is 1. The minimum atomic E-state index is -0.436. The van der Waals surface area contributed by atoms with Gasteiger partial charge in [0.15, 0.2) is 5.82 Å². The number of hydrogen-bond donors (Lipinski definition) is 2. The van der Waals surface area contributed by atoms with E-state index in [1.165, 1.54) is 7.11 Å². The number of para-hydroxylation sites is 1. The summed E-state index contributed by atoms with van der Waals surface area (Å²) in [5.41, 5.74) is 2.08. The molecule has 1 heterocycles. The zero-order valence-electron chi connectivity index (χ0n) is 13.6. The molecule has 2 aromatic carbocycles. The number of esters is 1. The van der Waals surface area contributed by atoms with Crippen LogP contribution in [-0.2, 0) is 11.3 Å². The molecule has 25 heavy (non-hydrogen) atoms. The number of carbonyl (C=O) groups excluding carboxylic acids is 1. The highest BCUT2D eigenvalue weighted by molar-refractivity contribution is 5.96. The number of nitrogens with one attached hydrogen (secondary N) is 2. The molecule has 126 valence electrons. The first-order valence-corrected chi connectivity index (χ1v) is 7.68. The van der Waals surface area contributed by atoms with Gasteiger partial charge in [0.05, 0.1) is 24.6 Å². The maximum absolute atomic E-state index is 11.8. The molecule has 0 aliphatic heterocycles. The quantitative estimate of drug-likeness (QED) is 0.669. The summed E-state index contributed by atoms with van der Waals surface area (Å²) in [6, 6.07) is 16.9. The number of benzene rings is 2. The molecule has 0 aliphatic rings. The SMILES string of the molecule is COC(=O)c1ccccc1Nc1nncc(NCc2ccccc2)n1. The lowest BCUT2D eigenvalue weighted by Crippen LogP contribution is -2.09. The molecule has 7 heteroatoms. The zero-order valence-corrected chi connectivity index (χ0v) is 13.6. The lowest BCUT2D eigenvalue weighted by atomic mass is 10.2. The highest BCUT2D eigenvalue weighted by atomic mass is 16.5. The van der Waals surface area contributed by atoms with Crippen molar-refractivity contribution >= 4 is 23.4 Å². The van der Waals surface area contributed by atoms with Crippen LogP contribution in [-0.4, -0.2) is 28.3 Å². The van der Waals surface area contributed by atoms with Crippen LogP contribution in [0.3, 0.4) is 0 Å². The van der Waals surface area contributed by atoms with Crippen LogP contribution in [0.5, 0.6) is 0 Å². The molecule has 3 aromatic rings. The summed E-state index contributed by atoms with van der Waals surface area (Å²) in [6.45, 7) is 0.623. The number of anilines is 3. The molecule has 0 amide bonds. The fourth-order valence-corrected chi connectivity index (χ4v) is 2.23. The van der Waals surface area contributed by atoms with E-state index >= 15 is 0 Å². The van der Waals surface area contributed by atoms with E-state index in [0.29, 0.717) is 23.6 Å². The van der Waals surface area contributed by atoms with Crippen LogP contribution in [0.25, 0.3) is 0 Å². The van der Waals surface area contributed by atoms with Gasteiger partial charge in [-0.15, -0.1) is 5.10 Å². The smallest absolute Gasteiger partial charge is 0.339 e. The third-order valence-electron chi connectivity index (χ3n) is 3.45. The minimum Gasteiger partial charge on any atom is -0.465 e. The highest BCUT2D eigenvalue weighted by Crippen LogP contribution is 2.19. The summed E-state index contributed by atoms with van der Waals surface area (Å²) in [5.74, 6) is 0.431. The van der Waals surface area contributed by atoms with Crippen molar-refractivity contribution in [2.75, 3.05) is 17.7 Å². The zero-order chi connectivity index (χ0) is 17.5. The number of methoxy groups -OCH3 is 1. The van der Waals surface area contributed by atoms with Gasteiger partial charge in [-0.3, -0.25) is 0 Å². The van der Waals surface area contributed by atoms with Crippen LogP contribution >= 0.6 is 0 Å². The van der Waals surface area contributed by atoms with E-state index in [2.05, 4.69) is 25.8 Å². The van der Waals surface area contributed by atoms with Gasteiger partial charge in [-0.1, -0.05) is 42.5 Å². The Balaban J connectivity index is 1.73. The van der Waals surface area contributed by atoms with Crippen molar-refractivity contribution < 1.29 is 9.53 Å². The summed E-state index contributed by atoms with van der Waals surface area (Å²) in [7, 11) is 1.34. The Morgan fingerprint density at radius 1 is 1.08 bits per heavy atom. The second-order valence-electron chi connectivity index (χ2n) is 5.17. The monoisotopic (exact) mass is 335 g/mol. The van der Waals surface area contributed by atoms with Gasteiger partial charge in [0.25, 0.3) is 0 Å². The van der Waals surface area contributed by atoms with Gasteiger partial charge in [0, 0.05) is 6.54 Å². The molecule has 0 bridgehead atoms. The van der Waals surface area contributed by atoms with Gasteiger partial charge in [-0.2, -0.15) is 10.1 Å². The van der Waals surface area contributed by atoms with E-state index < -0.39 is 5.97 Å². The first-order chi connectivity index (χ1) is 12.3. The first-order valence-electron chi connectivity index (χ1n) is 7.68. The van der Waals surface area contributed by atoms with Crippen LogP contribution in [0.15, 0.2) is 60.8 Å². The second kappa shape index (κ2) is 7.87. The van der Waals surface area contributed by atoms with E-state index in [9.17, 15) is 4.79 Å². The number of nitrogens with zero attached hydrogens (tertiary/aromatic N) is 3. The van der Waals surface area contributed by atoms with Crippen molar-refractivity contribution in [2.45, 2.75) is 6.54 Å². The van der Waals surface area contributed by atoms with Gasteiger partial charge in [-0.25, -0.2) is 4.79 Å². The molecule has 0 saturated heterocycles. The van der Waals surface area contributed by atoms with Crippen molar-refractivity contribution in [2.24, 2.45) is 0 Å². The predicted octanol–water partition coefficient (Wildman–Crippen LogP) is 3.01. The fourth-order valence-electron chi connectivity index (χ4n) is 2.23. The maximum Gasteiger partial charge on any atom is 0.339 e. The molecule has 0 spiro atoms. The molecule has 0 atom stereocenters. The third kappa shape index (κ3) is 4.29. The molecule has 0 aliphatic carbocycles. The number of carbonyl (C=O) groups is 1. The standard InChI is InChI=1S/C18H17N5O2/c1-25-17(24)14-9-5-6-10-15(14)21-18-22-16(12-20-23-18)19-11-13-7-3-2-4-8-13/h2-10,12H,11H2,1H3,(H2,19,21,22,23). The average Bonchev–Trinajstić information content (AvgIpc) is 2.67. The van der Waals surface area contributed by atoms with E-state index in [1.807, 2.05) is 30.3 Å². The average molecular weight is 335 g/mol. The lowest BCUT2D eigenvalue weighted by Gasteiger charge is -2.10. The Kier molecular flexibility index (Phi) is 5.16. The molecule has 1 aromatic heterocycles. The largest absolute Gasteiger partial charge is 0.465 e. The van der Waals surface area contributed by atoms with Crippen LogP contribution in [0.1, 0.15) is 15.9 Å². The molecule has 7 nitrogen and oxygen atoms in total. The maximum atomic E-state index is 11.8. The highest BCUT2D eigenvalue weighted by Gasteiger charge is 2.12. The Bertz CT molecular complexity index is 855. The summed E-state index contributed by atoms with van der Waals surface area (Å²) < 4.78 is 4.78. The van der Waals surface area contributed by atoms with Crippen LogP contribution in [0, 0.1) is 0 Å². The van der Waals surface area contributed by atoms with E-state index in [0.717, 1.165) is 5.56 Å². The Labute approximate surface area is 145 Å². The van der Waals surface area contributed by atoms with Crippen LogP contribution in [0.4, 0.5) is 17.5 Å². The van der Waals surface area contributed by atoms with Gasteiger partial charge in [-0.05, 0) is 17.7 Å². The van der Waals surface area contributed by atoms with Crippen LogP contribution in [0.2, 0.25) is 0 Å². The van der Waals surface area contributed by atoms with Crippen molar-refractivity contribution in [3.05, 3.63) is 71.9 Å². The Morgan fingerprint density at radius 3 is 2.64 bits per heavy atom. The van der Waals surface area contributed by atoms with Crippen molar-refractivity contribution in [1.82, 2.24) is 15.2 Å². The normalized spacial score (nSPS) is 10.1. The molecule has 3 rings (SSSR count). The molecule has 2 N–H and O–H groups in total. The van der Waals surface area contributed by atoms with Crippen molar-refractivity contribution in [1.29, 1.82) is 0 Å². The van der Waals surface area contributed by atoms with Gasteiger partial charge < -0.3 is 15.4 Å². The Morgan fingerprint density at radius 2 is 1.84 bits per heavy atom.